The van der Waals surface area contributed by atoms with Crippen LogP contribution < -0.4 is 15.4 Å². The minimum absolute atomic E-state index is 0.478. The van der Waals surface area contributed by atoms with Gasteiger partial charge in [0.2, 0.25) is 0 Å². The number of carbonyl (C=O) groups is 2. The summed E-state index contributed by atoms with van der Waals surface area (Å²) in [6.45, 7) is 5.93. The molecule has 0 aromatic heterocycles. The first-order valence-corrected chi connectivity index (χ1v) is 11.4. The van der Waals surface area contributed by atoms with Gasteiger partial charge in [-0.25, -0.2) is 4.79 Å². The zero-order valence-corrected chi connectivity index (χ0v) is 20.8. The Hall–Kier alpha value is -3.55. The topological polar surface area (TPSA) is 96.9 Å². The molecular formula is C27H29ClN2O5. The van der Waals surface area contributed by atoms with Crippen molar-refractivity contribution in [3.63, 3.8) is 0 Å². The second-order valence-corrected chi connectivity index (χ2v) is 9.67. The van der Waals surface area contributed by atoms with Crippen LogP contribution in [0.25, 0.3) is 11.1 Å². The third-order valence-electron chi connectivity index (χ3n) is 4.97. The van der Waals surface area contributed by atoms with Gasteiger partial charge in [-0.3, -0.25) is 4.79 Å². The quantitative estimate of drug-likeness (QED) is 0.372. The van der Waals surface area contributed by atoms with Gasteiger partial charge in [-0.05, 0) is 87.4 Å². The van der Waals surface area contributed by atoms with Crippen molar-refractivity contribution >= 4 is 29.3 Å². The molecule has 0 saturated carbocycles. The number of aliphatic hydroxyl groups is 1. The standard InChI is InChI=1S/C27H29ClN2O5/c1-26(2,3)35-25(33)30-27(4,17-31)24(32)29-21-11-15-23(16-12-21)34-22-13-7-19(8-14-22)18-5-9-20(28)10-6-18/h5-16,31H,17H2,1-4H3,(H,29,32)(H,30,33)/t27-/m0/s1. The molecule has 0 unspecified atom stereocenters. The van der Waals surface area contributed by atoms with Crippen LogP contribution >= 0.6 is 11.6 Å². The number of amides is 2. The lowest BCUT2D eigenvalue weighted by Gasteiger charge is -2.29. The SMILES string of the molecule is CC(C)(C)OC(=O)N[C@@](C)(CO)C(=O)Nc1ccc(Oc2ccc(-c3ccc(Cl)cc3)cc2)cc1. The van der Waals surface area contributed by atoms with Gasteiger partial charge in [-0.2, -0.15) is 0 Å². The van der Waals surface area contributed by atoms with Crippen molar-refractivity contribution < 1.29 is 24.2 Å². The molecule has 8 heteroatoms. The largest absolute Gasteiger partial charge is 0.457 e. The van der Waals surface area contributed by atoms with Crippen molar-refractivity contribution in [3.8, 4) is 22.6 Å². The highest BCUT2D eigenvalue weighted by atomic mass is 35.5. The van der Waals surface area contributed by atoms with Gasteiger partial charge in [0.1, 0.15) is 22.6 Å². The normalized spacial score (nSPS) is 12.9. The second-order valence-electron chi connectivity index (χ2n) is 9.23. The van der Waals surface area contributed by atoms with E-state index in [1.54, 1.807) is 45.0 Å². The van der Waals surface area contributed by atoms with E-state index in [0.717, 1.165) is 11.1 Å². The first-order chi connectivity index (χ1) is 16.5. The Balaban J connectivity index is 1.60. The average Bonchev–Trinajstić information content (AvgIpc) is 2.80. The molecule has 0 radical (unpaired) electrons. The number of carbonyl (C=O) groups excluding carboxylic acids is 2. The third-order valence-corrected chi connectivity index (χ3v) is 5.23. The Morgan fingerprint density at radius 2 is 1.31 bits per heavy atom. The van der Waals surface area contributed by atoms with Gasteiger partial charge in [-0.1, -0.05) is 35.9 Å². The minimum atomic E-state index is -1.57. The van der Waals surface area contributed by atoms with Crippen molar-refractivity contribution in [1.82, 2.24) is 5.32 Å². The molecule has 7 nitrogen and oxygen atoms in total. The van der Waals surface area contributed by atoms with Crippen LogP contribution in [0.1, 0.15) is 27.7 Å². The Labute approximate surface area is 210 Å². The smallest absolute Gasteiger partial charge is 0.408 e. The molecule has 3 N–H and O–H groups in total. The number of hydrogen-bond donors (Lipinski definition) is 3. The Morgan fingerprint density at radius 3 is 1.80 bits per heavy atom. The van der Waals surface area contributed by atoms with Crippen LogP contribution in [-0.4, -0.2) is 34.9 Å². The van der Waals surface area contributed by atoms with Gasteiger partial charge in [0, 0.05) is 10.7 Å². The first-order valence-electron chi connectivity index (χ1n) is 11.0. The molecule has 3 aromatic rings. The highest BCUT2D eigenvalue weighted by Gasteiger charge is 2.36. The fourth-order valence-electron chi connectivity index (χ4n) is 3.07. The molecule has 0 aliphatic rings. The van der Waals surface area contributed by atoms with Crippen LogP contribution in [0.5, 0.6) is 11.5 Å². The lowest BCUT2D eigenvalue weighted by molar-refractivity contribution is -0.123. The van der Waals surface area contributed by atoms with Crippen molar-refractivity contribution in [3.05, 3.63) is 77.8 Å². The zero-order valence-electron chi connectivity index (χ0n) is 20.1. The molecule has 3 rings (SSSR count). The van der Waals surface area contributed by atoms with Gasteiger partial charge in [0.05, 0.1) is 6.61 Å². The molecular weight excluding hydrogens is 468 g/mol. The van der Waals surface area contributed by atoms with Crippen molar-refractivity contribution in [2.75, 3.05) is 11.9 Å². The van der Waals surface area contributed by atoms with Crippen LogP contribution in [0.3, 0.4) is 0 Å². The fourth-order valence-corrected chi connectivity index (χ4v) is 3.19. The summed E-state index contributed by atoms with van der Waals surface area (Å²) in [5, 5.41) is 15.5. The van der Waals surface area contributed by atoms with Crippen LogP contribution in [0.15, 0.2) is 72.8 Å². The minimum Gasteiger partial charge on any atom is -0.457 e. The van der Waals surface area contributed by atoms with Crippen molar-refractivity contribution in [2.24, 2.45) is 0 Å². The number of aliphatic hydroxyl groups excluding tert-OH is 1. The first kappa shape index (κ1) is 26.1. The molecule has 0 bridgehead atoms. The van der Waals surface area contributed by atoms with Crippen molar-refractivity contribution in [1.29, 1.82) is 0 Å². The number of alkyl carbamates (subject to hydrolysis) is 1. The number of hydrogen-bond acceptors (Lipinski definition) is 5. The Kier molecular flexibility index (Phi) is 8.04. The predicted octanol–water partition coefficient (Wildman–Crippen LogP) is 6.01. The van der Waals surface area contributed by atoms with E-state index in [1.807, 2.05) is 48.5 Å². The number of rotatable bonds is 7. The van der Waals surface area contributed by atoms with E-state index in [4.69, 9.17) is 21.1 Å². The monoisotopic (exact) mass is 496 g/mol. The molecule has 1 atom stereocenters. The summed E-state index contributed by atoms with van der Waals surface area (Å²) >= 11 is 5.95. The number of ether oxygens (including phenoxy) is 2. The summed E-state index contributed by atoms with van der Waals surface area (Å²) in [5.74, 6) is 0.658. The highest BCUT2D eigenvalue weighted by molar-refractivity contribution is 6.30. The number of nitrogens with one attached hydrogen (secondary N) is 2. The molecule has 0 aliphatic heterocycles. The van der Waals surface area contributed by atoms with Gasteiger partial charge in [0.15, 0.2) is 0 Å². The van der Waals surface area contributed by atoms with E-state index in [2.05, 4.69) is 10.6 Å². The molecule has 0 saturated heterocycles. The van der Waals surface area contributed by atoms with Gasteiger partial charge >= 0.3 is 6.09 Å². The summed E-state index contributed by atoms with van der Waals surface area (Å²) in [6, 6.07) is 22.0. The van der Waals surface area contributed by atoms with Crippen LogP contribution in [0, 0.1) is 0 Å². The molecule has 0 aliphatic carbocycles. The summed E-state index contributed by atoms with van der Waals surface area (Å²) in [6.07, 6.45) is -0.796. The molecule has 2 amide bonds. The molecule has 3 aromatic carbocycles. The van der Waals surface area contributed by atoms with E-state index in [9.17, 15) is 14.7 Å². The van der Waals surface area contributed by atoms with E-state index in [1.165, 1.54) is 6.92 Å². The molecule has 35 heavy (non-hydrogen) atoms. The van der Waals surface area contributed by atoms with E-state index >= 15 is 0 Å². The number of anilines is 1. The van der Waals surface area contributed by atoms with Crippen molar-refractivity contribution in [2.45, 2.75) is 38.8 Å². The maximum Gasteiger partial charge on any atom is 0.408 e. The van der Waals surface area contributed by atoms with E-state index in [-0.39, 0.29) is 0 Å². The molecule has 0 fully saturated rings. The maximum atomic E-state index is 12.7. The fraction of sp³-hybridized carbons (Fsp3) is 0.259. The predicted molar refractivity (Wildman–Crippen MR) is 137 cm³/mol. The van der Waals surface area contributed by atoms with Gasteiger partial charge < -0.3 is 25.2 Å². The Morgan fingerprint density at radius 1 is 0.829 bits per heavy atom. The second kappa shape index (κ2) is 10.8. The summed E-state index contributed by atoms with van der Waals surface area (Å²) in [5.41, 5.74) is 0.272. The lowest BCUT2D eigenvalue weighted by Crippen LogP contribution is -2.58. The van der Waals surface area contributed by atoms with Gasteiger partial charge in [0.25, 0.3) is 5.91 Å². The number of benzene rings is 3. The third kappa shape index (κ3) is 7.47. The summed E-state index contributed by atoms with van der Waals surface area (Å²) in [4.78, 5) is 24.8. The van der Waals surface area contributed by atoms with Crippen LogP contribution in [-0.2, 0) is 9.53 Å². The molecule has 184 valence electrons. The zero-order chi connectivity index (χ0) is 25.6. The number of halogens is 1. The van der Waals surface area contributed by atoms with Gasteiger partial charge in [-0.15, -0.1) is 0 Å². The van der Waals surface area contributed by atoms with Crippen LogP contribution in [0.2, 0.25) is 5.02 Å². The Bertz CT molecular complexity index is 1160. The van der Waals surface area contributed by atoms with Crippen LogP contribution in [0.4, 0.5) is 10.5 Å². The summed E-state index contributed by atoms with van der Waals surface area (Å²) < 4.78 is 11.1. The highest BCUT2D eigenvalue weighted by Crippen LogP contribution is 2.27. The van der Waals surface area contributed by atoms with E-state index < -0.39 is 29.7 Å². The molecule has 0 spiro atoms. The summed E-state index contributed by atoms with van der Waals surface area (Å²) in [7, 11) is 0. The van der Waals surface area contributed by atoms with E-state index in [0.29, 0.717) is 22.2 Å². The molecule has 0 heterocycles. The maximum absolute atomic E-state index is 12.7. The average molecular weight is 497 g/mol. The lowest BCUT2D eigenvalue weighted by atomic mass is 10.0.